The molecule has 2 aliphatic rings. The maximum atomic E-state index is 12.1. The molecule has 1 atom stereocenters. The summed E-state index contributed by atoms with van der Waals surface area (Å²) in [6, 6.07) is -0.400. The molecule has 120 valence electrons. The minimum absolute atomic E-state index is 0.228. The van der Waals surface area contributed by atoms with Gasteiger partial charge < -0.3 is 10.4 Å². The van der Waals surface area contributed by atoms with Crippen molar-refractivity contribution >= 4 is 11.9 Å². The van der Waals surface area contributed by atoms with Crippen LogP contribution in [0.15, 0.2) is 0 Å². The molecule has 1 saturated heterocycles. The predicted octanol–water partition coefficient (Wildman–Crippen LogP) is 1.87. The van der Waals surface area contributed by atoms with Crippen molar-refractivity contribution in [1.82, 2.24) is 10.2 Å². The van der Waals surface area contributed by atoms with Gasteiger partial charge in [-0.2, -0.15) is 0 Å². The number of carboxylic acid groups (broad SMARTS) is 1. The highest BCUT2D eigenvalue weighted by Gasteiger charge is 2.27. The van der Waals surface area contributed by atoms with Crippen LogP contribution in [0.4, 0.5) is 0 Å². The van der Waals surface area contributed by atoms with E-state index in [2.05, 4.69) is 5.32 Å². The Labute approximate surface area is 127 Å². The normalized spacial score (nSPS) is 23.7. The van der Waals surface area contributed by atoms with Crippen LogP contribution in [-0.2, 0) is 9.59 Å². The Hall–Kier alpha value is -1.10. The number of aliphatic carboxylic acids is 1. The molecule has 5 heteroatoms. The van der Waals surface area contributed by atoms with Gasteiger partial charge in [-0.15, -0.1) is 0 Å². The summed E-state index contributed by atoms with van der Waals surface area (Å²) in [5.74, 6) is 0.204. The lowest BCUT2D eigenvalue weighted by Gasteiger charge is -2.34. The van der Waals surface area contributed by atoms with Gasteiger partial charge in [0.2, 0.25) is 5.91 Å². The zero-order valence-electron chi connectivity index (χ0n) is 13.0. The average Bonchev–Trinajstić information content (AvgIpc) is 2.53. The van der Waals surface area contributed by atoms with Crippen molar-refractivity contribution in [2.45, 2.75) is 57.9 Å². The van der Waals surface area contributed by atoms with Gasteiger partial charge in [0.25, 0.3) is 0 Å². The van der Waals surface area contributed by atoms with Crippen molar-refractivity contribution in [3.8, 4) is 0 Å². The second-order valence-electron chi connectivity index (χ2n) is 6.57. The van der Waals surface area contributed by atoms with E-state index in [9.17, 15) is 9.59 Å². The molecule has 21 heavy (non-hydrogen) atoms. The maximum Gasteiger partial charge on any atom is 0.320 e. The lowest BCUT2D eigenvalue weighted by Crippen LogP contribution is -2.46. The quantitative estimate of drug-likeness (QED) is 0.812. The average molecular weight is 296 g/mol. The van der Waals surface area contributed by atoms with Gasteiger partial charge >= 0.3 is 5.97 Å². The molecule has 1 aliphatic heterocycles. The number of hydrogen-bond donors (Lipinski definition) is 2. The van der Waals surface area contributed by atoms with Crippen LogP contribution in [0.1, 0.15) is 51.9 Å². The van der Waals surface area contributed by atoms with E-state index >= 15 is 0 Å². The number of piperidine rings is 1. The summed E-state index contributed by atoms with van der Waals surface area (Å²) in [6.45, 7) is 4.13. The fourth-order valence-electron chi connectivity index (χ4n) is 3.45. The highest BCUT2D eigenvalue weighted by atomic mass is 16.4. The first-order chi connectivity index (χ1) is 10.1. The molecular weight excluding hydrogens is 268 g/mol. The SMILES string of the molecule is CC(C(=O)O)N1CCC(CNC(=O)C2CCCCC2)CC1. The van der Waals surface area contributed by atoms with E-state index in [1.807, 2.05) is 4.90 Å². The van der Waals surface area contributed by atoms with Crippen LogP contribution in [0, 0.1) is 11.8 Å². The van der Waals surface area contributed by atoms with Gasteiger partial charge in [0.15, 0.2) is 0 Å². The minimum atomic E-state index is -0.751. The second kappa shape index (κ2) is 7.78. The monoisotopic (exact) mass is 296 g/mol. The third-order valence-electron chi connectivity index (χ3n) is 5.10. The fraction of sp³-hybridized carbons (Fsp3) is 0.875. The topological polar surface area (TPSA) is 69.6 Å². The van der Waals surface area contributed by atoms with Crippen LogP contribution in [0.2, 0.25) is 0 Å². The molecule has 1 amide bonds. The van der Waals surface area contributed by atoms with E-state index < -0.39 is 12.0 Å². The highest BCUT2D eigenvalue weighted by Crippen LogP contribution is 2.24. The molecule has 1 aliphatic carbocycles. The Balaban J connectivity index is 1.66. The standard InChI is InChI=1S/C16H28N2O3/c1-12(16(20)21)18-9-7-13(8-10-18)11-17-15(19)14-5-3-2-4-6-14/h12-14H,2-11H2,1H3,(H,17,19)(H,20,21). The predicted molar refractivity (Wildman–Crippen MR) is 81.0 cm³/mol. The molecule has 1 heterocycles. The van der Waals surface area contributed by atoms with Crippen LogP contribution < -0.4 is 5.32 Å². The minimum Gasteiger partial charge on any atom is -0.480 e. The molecule has 1 unspecified atom stereocenters. The third-order valence-corrected chi connectivity index (χ3v) is 5.10. The highest BCUT2D eigenvalue weighted by molar-refractivity contribution is 5.78. The Morgan fingerprint density at radius 2 is 1.76 bits per heavy atom. The summed E-state index contributed by atoms with van der Waals surface area (Å²) in [5, 5.41) is 12.1. The Kier molecular flexibility index (Phi) is 6.03. The van der Waals surface area contributed by atoms with Gasteiger partial charge in [0, 0.05) is 12.5 Å². The van der Waals surface area contributed by atoms with Gasteiger partial charge in [-0.3, -0.25) is 14.5 Å². The number of hydrogen-bond acceptors (Lipinski definition) is 3. The Morgan fingerprint density at radius 1 is 1.14 bits per heavy atom. The van der Waals surface area contributed by atoms with Gasteiger partial charge in [-0.25, -0.2) is 0 Å². The summed E-state index contributed by atoms with van der Waals surface area (Å²) in [4.78, 5) is 25.1. The van der Waals surface area contributed by atoms with E-state index in [1.54, 1.807) is 6.92 Å². The second-order valence-corrected chi connectivity index (χ2v) is 6.57. The van der Waals surface area contributed by atoms with E-state index in [0.29, 0.717) is 5.92 Å². The Bertz CT molecular complexity index is 359. The van der Waals surface area contributed by atoms with Crippen LogP contribution >= 0.6 is 0 Å². The molecule has 0 radical (unpaired) electrons. The summed E-state index contributed by atoms with van der Waals surface area (Å²) >= 11 is 0. The summed E-state index contributed by atoms with van der Waals surface area (Å²) in [5.41, 5.74) is 0. The van der Waals surface area contributed by atoms with Gasteiger partial charge in [0.1, 0.15) is 6.04 Å². The number of nitrogens with one attached hydrogen (secondary N) is 1. The van der Waals surface area contributed by atoms with Crippen molar-refractivity contribution in [2.24, 2.45) is 11.8 Å². The number of likely N-dealkylation sites (tertiary alicyclic amines) is 1. The van der Waals surface area contributed by atoms with Crippen molar-refractivity contribution in [3.63, 3.8) is 0 Å². The number of carbonyl (C=O) groups is 2. The number of amides is 1. The molecule has 0 aromatic rings. The number of carbonyl (C=O) groups excluding carboxylic acids is 1. The number of rotatable bonds is 5. The summed E-state index contributed by atoms with van der Waals surface area (Å²) in [7, 11) is 0. The van der Waals surface area contributed by atoms with Crippen molar-refractivity contribution < 1.29 is 14.7 Å². The third kappa shape index (κ3) is 4.70. The molecule has 0 aromatic heterocycles. The molecule has 0 aromatic carbocycles. The van der Waals surface area contributed by atoms with E-state index in [4.69, 9.17) is 5.11 Å². The van der Waals surface area contributed by atoms with Crippen LogP contribution in [-0.4, -0.2) is 47.6 Å². The first-order valence-corrected chi connectivity index (χ1v) is 8.32. The maximum absolute atomic E-state index is 12.1. The molecule has 2 rings (SSSR count). The molecule has 1 saturated carbocycles. The molecule has 5 nitrogen and oxygen atoms in total. The fourth-order valence-corrected chi connectivity index (χ4v) is 3.45. The van der Waals surface area contributed by atoms with E-state index in [0.717, 1.165) is 45.3 Å². The van der Waals surface area contributed by atoms with E-state index in [1.165, 1.54) is 19.3 Å². The Morgan fingerprint density at radius 3 is 2.33 bits per heavy atom. The number of carboxylic acids is 1. The van der Waals surface area contributed by atoms with Crippen LogP contribution in [0.25, 0.3) is 0 Å². The number of nitrogens with zero attached hydrogens (tertiary/aromatic N) is 1. The van der Waals surface area contributed by atoms with Gasteiger partial charge in [-0.1, -0.05) is 19.3 Å². The summed E-state index contributed by atoms with van der Waals surface area (Å²) < 4.78 is 0. The van der Waals surface area contributed by atoms with Crippen LogP contribution in [0.5, 0.6) is 0 Å². The first kappa shape index (κ1) is 16.3. The molecule has 2 fully saturated rings. The molecular formula is C16H28N2O3. The zero-order valence-corrected chi connectivity index (χ0v) is 13.0. The first-order valence-electron chi connectivity index (χ1n) is 8.32. The lowest BCUT2D eigenvalue weighted by molar-refractivity contribution is -0.143. The smallest absolute Gasteiger partial charge is 0.320 e. The lowest BCUT2D eigenvalue weighted by atomic mass is 9.88. The molecule has 2 N–H and O–H groups in total. The summed E-state index contributed by atoms with van der Waals surface area (Å²) in [6.07, 6.45) is 7.67. The molecule has 0 bridgehead atoms. The molecule has 0 spiro atoms. The largest absolute Gasteiger partial charge is 0.480 e. The van der Waals surface area contributed by atoms with Crippen molar-refractivity contribution in [1.29, 1.82) is 0 Å². The van der Waals surface area contributed by atoms with Crippen molar-refractivity contribution in [3.05, 3.63) is 0 Å². The van der Waals surface area contributed by atoms with Gasteiger partial charge in [-0.05, 0) is 51.6 Å². The van der Waals surface area contributed by atoms with Crippen molar-refractivity contribution in [2.75, 3.05) is 19.6 Å². The van der Waals surface area contributed by atoms with E-state index in [-0.39, 0.29) is 11.8 Å². The zero-order chi connectivity index (χ0) is 15.2. The van der Waals surface area contributed by atoms with Crippen LogP contribution in [0.3, 0.4) is 0 Å². The van der Waals surface area contributed by atoms with Gasteiger partial charge in [0.05, 0.1) is 0 Å².